The van der Waals surface area contributed by atoms with E-state index in [2.05, 4.69) is 177 Å². The van der Waals surface area contributed by atoms with Crippen LogP contribution in [0, 0.1) is 22.7 Å². The Kier molecular flexibility index (Phi) is 7.65. The average Bonchev–Trinajstić information content (AvgIpc) is 4.12. The molecule has 2 aliphatic rings. The smallest absolute Gasteiger partial charge is 0.0991 e. The number of pyridine rings is 2. The minimum atomic E-state index is -0.672. The lowest BCUT2D eigenvalue weighted by Crippen LogP contribution is -2.32. The molecule has 0 radical (unpaired) electrons. The van der Waals surface area contributed by atoms with Crippen molar-refractivity contribution >= 4 is 77.2 Å². The quantitative estimate of drug-likeness (QED) is 0.176. The number of nitriles is 2. The van der Waals surface area contributed by atoms with Crippen molar-refractivity contribution in [2.45, 2.75) is 15.2 Å². The summed E-state index contributed by atoms with van der Waals surface area (Å²) in [5, 5.41) is 26.6. The second-order valence-corrected chi connectivity index (χ2v) is 19.0. The van der Waals surface area contributed by atoms with E-state index in [9.17, 15) is 10.5 Å². The molecule has 69 heavy (non-hydrogen) atoms. The van der Waals surface area contributed by atoms with Crippen LogP contribution in [0.15, 0.2) is 210 Å². The molecule has 0 atom stereocenters. The second kappa shape index (κ2) is 13.9. The third-order valence-corrected chi connectivity index (χ3v) is 15.8. The summed E-state index contributed by atoms with van der Waals surface area (Å²) in [5.74, 6) is 0. The molecule has 1 aliphatic carbocycles. The predicted octanol–water partition coefficient (Wildman–Crippen LogP) is 14.3. The van der Waals surface area contributed by atoms with Gasteiger partial charge in [0.25, 0.3) is 0 Å². The summed E-state index contributed by atoms with van der Waals surface area (Å²) < 4.78 is 7.02. The lowest BCUT2D eigenvalue weighted by atomic mass is 9.67. The molecule has 318 valence electrons. The Morgan fingerprint density at radius 2 is 0.754 bits per heavy atom. The fourth-order valence-electron chi connectivity index (χ4n) is 11.9. The lowest BCUT2D eigenvalue weighted by molar-refractivity contribution is 0.718. The summed E-state index contributed by atoms with van der Waals surface area (Å²) in [6.45, 7) is 0. The minimum absolute atomic E-state index is 0.604. The fraction of sp³-hybridized carbons (Fsp3) is 0.0164. The van der Waals surface area contributed by atoms with Gasteiger partial charge < -0.3 is 13.7 Å². The number of benzene rings is 8. The molecule has 1 spiro atoms. The monoisotopic (exact) mass is 895 g/mol. The third kappa shape index (κ3) is 5.00. The molecule has 5 aromatic heterocycles. The van der Waals surface area contributed by atoms with Crippen molar-refractivity contribution in [3.8, 4) is 40.6 Å². The first-order valence-corrected chi connectivity index (χ1v) is 23.7. The standard InChI is InChI=1S/C61H33N7S/c62-34-36-17-24-54-44(29-36)43-11-3-6-16-53(43)66(54)38-21-26-56-46(31-38)45-30-37(35-63)18-25-55(45)68(56)40-20-23-48-58(33-40)69-57-32-39(67-51-14-4-1-9-41(51)42-10-2-5-15-52(42)67)19-22-47(57)61(48)49-12-7-27-64-59(49)60-50(61)13-8-28-65-60/h1-33H. The maximum absolute atomic E-state index is 10.2. The first kappa shape index (κ1) is 38.0. The van der Waals surface area contributed by atoms with Gasteiger partial charge in [0.2, 0.25) is 0 Å². The van der Waals surface area contributed by atoms with Gasteiger partial charge in [0, 0.05) is 71.6 Å². The van der Waals surface area contributed by atoms with E-state index in [1.54, 1.807) is 0 Å². The Hall–Kier alpha value is -9.21. The lowest BCUT2D eigenvalue weighted by Gasteiger charge is -2.39. The molecule has 0 saturated carbocycles. The maximum Gasteiger partial charge on any atom is 0.0991 e. The zero-order valence-electron chi connectivity index (χ0n) is 36.6. The highest BCUT2D eigenvalue weighted by Gasteiger charge is 2.51. The molecule has 13 aromatic rings. The zero-order chi connectivity index (χ0) is 45.5. The minimum Gasteiger partial charge on any atom is -0.309 e. The number of para-hydroxylation sites is 3. The number of rotatable bonds is 3. The van der Waals surface area contributed by atoms with Gasteiger partial charge in [0.1, 0.15) is 0 Å². The molecule has 0 bridgehead atoms. The van der Waals surface area contributed by atoms with E-state index < -0.39 is 5.41 Å². The number of aromatic nitrogens is 5. The number of nitrogens with zero attached hydrogens (tertiary/aromatic N) is 7. The van der Waals surface area contributed by atoms with Crippen molar-refractivity contribution in [3.05, 3.63) is 234 Å². The molecule has 0 fully saturated rings. The Morgan fingerprint density at radius 3 is 1.25 bits per heavy atom. The van der Waals surface area contributed by atoms with Crippen LogP contribution in [0.3, 0.4) is 0 Å². The summed E-state index contributed by atoms with van der Waals surface area (Å²) in [4.78, 5) is 12.3. The Labute approximate surface area is 399 Å². The highest BCUT2D eigenvalue weighted by Crippen LogP contribution is 2.62. The van der Waals surface area contributed by atoms with Gasteiger partial charge in [-0.2, -0.15) is 10.5 Å². The van der Waals surface area contributed by atoms with E-state index in [0.717, 1.165) is 88.1 Å². The van der Waals surface area contributed by atoms with Gasteiger partial charge in [-0.25, -0.2) is 0 Å². The van der Waals surface area contributed by atoms with E-state index >= 15 is 0 Å². The summed E-state index contributed by atoms with van der Waals surface area (Å²) in [7, 11) is 0. The van der Waals surface area contributed by atoms with Crippen LogP contribution in [0.4, 0.5) is 0 Å². The van der Waals surface area contributed by atoms with Gasteiger partial charge in [-0.1, -0.05) is 90.6 Å². The first-order valence-electron chi connectivity index (χ1n) is 22.9. The van der Waals surface area contributed by atoms with Crippen LogP contribution < -0.4 is 0 Å². The van der Waals surface area contributed by atoms with E-state index in [0.29, 0.717) is 11.1 Å². The molecular formula is C61H33N7S. The van der Waals surface area contributed by atoms with Crippen molar-refractivity contribution in [1.82, 2.24) is 23.7 Å². The van der Waals surface area contributed by atoms with Crippen molar-refractivity contribution in [3.63, 3.8) is 0 Å². The van der Waals surface area contributed by atoms with Crippen LogP contribution in [-0.4, -0.2) is 23.7 Å². The second-order valence-electron chi connectivity index (χ2n) is 18.0. The van der Waals surface area contributed by atoms with Gasteiger partial charge in [-0.05, 0) is 131 Å². The number of hydrogen-bond acceptors (Lipinski definition) is 5. The maximum atomic E-state index is 10.2. The summed E-state index contributed by atoms with van der Waals surface area (Å²) in [6, 6.07) is 71.5. The van der Waals surface area contributed by atoms with Crippen LogP contribution >= 0.6 is 11.8 Å². The molecular weight excluding hydrogens is 863 g/mol. The van der Waals surface area contributed by atoms with Crippen LogP contribution in [0.1, 0.15) is 33.4 Å². The molecule has 15 rings (SSSR count). The largest absolute Gasteiger partial charge is 0.309 e. The van der Waals surface area contributed by atoms with Gasteiger partial charge in [-0.15, -0.1) is 0 Å². The zero-order valence-corrected chi connectivity index (χ0v) is 37.4. The summed E-state index contributed by atoms with van der Waals surface area (Å²) in [6.07, 6.45) is 3.75. The molecule has 1 aliphatic heterocycles. The Balaban J connectivity index is 0.973. The molecule has 6 heterocycles. The fourth-order valence-corrected chi connectivity index (χ4v) is 13.1. The number of hydrogen-bond donors (Lipinski definition) is 0. The van der Waals surface area contributed by atoms with Crippen LogP contribution in [0.25, 0.3) is 93.9 Å². The van der Waals surface area contributed by atoms with E-state index in [1.165, 1.54) is 37.8 Å². The van der Waals surface area contributed by atoms with E-state index in [1.807, 2.05) is 60.6 Å². The Morgan fingerprint density at radius 1 is 0.362 bits per heavy atom. The van der Waals surface area contributed by atoms with Gasteiger partial charge in [0.05, 0.1) is 73.2 Å². The molecule has 8 aromatic carbocycles. The van der Waals surface area contributed by atoms with Gasteiger partial charge in [-0.3, -0.25) is 9.97 Å². The van der Waals surface area contributed by atoms with E-state index in [4.69, 9.17) is 9.97 Å². The highest BCUT2D eigenvalue weighted by molar-refractivity contribution is 7.99. The third-order valence-electron chi connectivity index (χ3n) is 14.6. The SMILES string of the molecule is N#Cc1ccc2c(c1)c1ccccc1n2-c1ccc2c(c1)c1cc(C#N)ccc1n2-c1ccc2c(c1)Sc1cc(-n3c4ccccc4c4ccccc43)ccc1C21c2cccnc2-c2ncccc21. The molecule has 0 saturated heterocycles. The molecule has 8 heteroatoms. The molecule has 0 unspecified atom stereocenters. The Bertz CT molecular complexity index is 4420. The molecule has 7 nitrogen and oxygen atoms in total. The predicted molar refractivity (Wildman–Crippen MR) is 276 cm³/mol. The van der Waals surface area contributed by atoms with Crippen molar-refractivity contribution in [2.75, 3.05) is 0 Å². The van der Waals surface area contributed by atoms with Gasteiger partial charge in [0.15, 0.2) is 0 Å². The normalized spacial score (nSPS) is 13.2. The van der Waals surface area contributed by atoms with Crippen LogP contribution in [0.2, 0.25) is 0 Å². The van der Waals surface area contributed by atoms with Crippen molar-refractivity contribution < 1.29 is 0 Å². The summed E-state index contributed by atoms with van der Waals surface area (Å²) in [5.41, 5.74) is 16.6. The topological polar surface area (TPSA) is 88.1 Å². The van der Waals surface area contributed by atoms with Crippen molar-refractivity contribution in [2.24, 2.45) is 0 Å². The van der Waals surface area contributed by atoms with E-state index in [-0.39, 0.29) is 0 Å². The van der Waals surface area contributed by atoms with Gasteiger partial charge >= 0.3 is 0 Å². The average molecular weight is 896 g/mol. The van der Waals surface area contributed by atoms with Crippen molar-refractivity contribution in [1.29, 1.82) is 10.5 Å². The first-order chi connectivity index (χ1) is 34.1. The van der Waals surface area contributed by atoms with Crippen LogP contribution in [0.5, 0.6) is 0 Å². The summed E-state index contributed by atoms with van der Waals surface area (Å²) >= 11 is 1.81. The molecule has 0 N–H and O–H groups in total. The number of fused-ring (bicyclic) bond motifs is 18. The molecule has 0 amide bonds. The van der Waals surface area contributed by atoms with Crippen LogP contribution in [-0.2, 0) is 5.41 Å². The highest BCUT2D eigenvalue weighted by atomic mass is 32.2.